The van der Waals surface area contributed by atoms with Gasteiger partial charge in [-0.25, -0.2) is 4.98 Å². The number of hydrogen-bond donors (Lipinski definition) is 1. The van der Waals surface area contributed by atoms with Crippen molar-refractivity contribution in [3.05, 3.63) is 147 Å². The topological polar surface area (TPSA) is 106 Å². The predicted octanol–water partition coefficient (Wildman–Crippen LogP) is 7.75. The van der Waals surface area contributed by atoms with Gasteiger partial charge in [0.1, 0.15) is 30.5 Å². The van der Waals surface area contributed by atoms with E-state index >= 15 is 0 Å². The van der Waals surface area contributed by atoms with Crippen molar-refractivity contribution in [2.24, 2.45) is 0 Å². The molecule has 1 aliphatic rings. The predicted molar refractivity (Wildman–Crippen MR) is 181 cm³/mol. The molecule has 6 rings (SSSR count). The first kappa shape index (κ1) is 31.4. The van der Waals surface area contributed by atoms with Crippen LogP contribution >= 0.6 is 11.3 Å². The van der Waals surface area contributed by atoms with Crippen LogP contribution in [0.15, 0.2) is 109 Å². The molecule has 4 aromatic carbocycles. The molecular weight excluding hydrogens is 612 g/mol. The highest BCUT2D eigenvalue weighted by Crippen LogP contribution is 2.44. The summed E-state index contributed by atoms with van der Waals surface area (Å²) in [5, 5.41) is 11.8. The summed E-state index contributed by atoms with van der Waals surface area (Å²) >= 11 is 1.04. The molecule has 1 amide bonds. The van der Waals surface area contributed by atoms with Gasteiger partial charge in [-0.1, -0.05) is 78.1 Å². The van der Waals surface area contributed by atoms with Crippen LogP contribution in [0.25, 0.3) is 5.76 Å². The fourth-order valence-electron chi connectivity index (χ4n) is 5.44. The monoisotopic (exact) mass is 644 g/mol. The van der Waals surface area contributed by atoms with Crippen LogP contribution in [-0.2, 0) is 22.8 Å². The van der Waals surface area contributed by atoms with Gasteiger partial charge in [0.25, 0.3) is 5.78 Å². The van der Waals surface area contributed by atoms with Crippen molar-refractivity contribution in [2.45, 2.75) is 40.0 Å². The Hall–Kier alpha value is -5.54. The van der Waals surface area contributed by atoms with Crippen molar-refractivity contribution in [1.82, 2.24) is 4.98 Å². The second-order valence-electron chi connectivity index (χ2n) is 11.2. The maximum atomic E-state index is 13.6. The van der Waals surface area contributed by atoms with Crippen LogP contribution in [-0.4, -0.2) is 27.6 Å². The van der Waals surface area contributed by atoms with E-state index in [1.54, 1.807) is 55.5 Å². The standard InChI is InChI=1S/C38H32N2O6S/c1-23-9-7-8-12-29(23)22-46-31-19-15-28(16-20-31)34(42)32-33(27-13-17-30(18-14-27)45-21-26-10-5-4-6-11-26)40(37(44)35(32)43)38-39-24(2)36(47-38)25(3)41/h4-20,33,42H,21-22H2,1-3H3. The first-order chi connectivity index (χ1) is 22.7. The number of nitrogens with zero attached hydrogens (tertiary/aromatic N) is 2. The molecule has 0 bridgehead atoms. The number of ether oxygens (including phenoxy) is 2. The summed E-state index contributed by atoms with van der Waals surface area (Å²) in [6.45, 7) is 5.88. The lowest BCUT2D eigenvalue weighted by Crippen LogP contribution is -2.29. The van der Waals surface area contributed by atoms with Crippen LogP contribution in [0.3, 0.4) is 0 Å². The number of thiazole rings is 1. The van der Waals surface area contributed by atoms with Gasteiger partial charge in [-0.3, -0.25) is 19.3 Å². The van der Waals surface area contributed by atoms with Crippen molar-refractivity contribution in [1.29, 1.82) is 0 Å². The van der Waals surface area contributed by atoms with E-state index in [-0.39, 0.29) is 22.2 Å². The van der Waals surface area contributed by atoms with Crippen LogP contribution in [0.5, 0.6) is 11.5 Å². The third kappa shape index (κ3) is 6.57. The fraction of sp³-hybridized carbons (Fsp3) is 0.158. The molecule has 5 aromatic rings. The maximum Gasteiger partial charge on any atom is 0.301 e. The minimum Gasteiger partial charge on any atom is -0.507 e. The molecule has 236 valence electrons. The van der Waals surface area contributed by atoms with Gasteiger partial charge in [0, 0.05) is 12.5 Å². The number of aliphatic hydroxyl groups excluding tert-OH is 1. The number of carbonyl (C=O) groups is 3. The molecule has 0 spiro atoms. The molecule has 0 aliphatic carbocycles. The zero-order valence-corrected chi connectivity index (χ0v) is 26.9. The van der Waals surface area contributed by atoms with E-state index in [1.165, 1.54) is 11.8 Å². The van der Waals surface area contributed by atoms with Gasteiger partial charge in [0.2, 0.25) is 0 Å². The van der Waals surface area contributed by atoms with E-state index in [2.05, 4.69) is 4.98 Å². The van der Waals surface area contributed by atoms with Gasteiger partial charge >= 0.3 is 5.91 Å². The average Bonchev–Trinajstić information content (AvgIpc) is 3.60. The number of aliphatic hydroxyl groups is 1. The molecule has 47 heavy (non-hydrogen) atoms. The number of carbonyl (C=O) groups excluding carboxylic acids is 3. The third-order valence-electron chi connectivity index (χ3n) is 7.98. The minimum atomic E-state index is -1.000. The summed E-state index contributed by atoms with van der Waals surface area (Å²) in [6, 6.07) is 30.4. The Morgan fingerprint density at radius 1 is 0.830 bits per heavy atom. The van der Waals surface area contributed by atoms with Crippen molar-refractivity contribution in [3.63, 3.8) is 0 Å². The van der Waals surface area contributed by atoms with Crippen molar-refractivity contribution in [3.8, 4) is 11.5 Å². The Morgan fingerprint density at radius 2 is 1.45 bits per heavy atom. The largest absolute Gasteiger partial charge is 0.507 e. The second kappa shape index (κ2) is 13.4. The smallest absolute Gasteiger partial charge is 0.301 e. The van der Waals surface area contributed by atoms with Gasteiger partial charge in [-0.05, 0) is 72.5 Å². The zero-order valence-electron chi connectivity index (χ0n) is 26.1. The number of aryl methyl sites for hydroxylation is 2. The number of anilines is 1. The molecule has 1 aliphatic heterocycles. The Labute approximate surface area is 276 Å². The summed E-state index contributed by atoms with van der Waals surface area (Å²) in [5.41, 5.74) is 4.47. The number of amides is 1. The maximum absolute atomic E-state index is 13.6. The Bertz CT molecular complexity index is 1980. The highest BCUT2D eigenvalue weighted by molar-refractivity contribution is 7.18. The van der Waals surface area contributed by atoms with Crippen molar-refractivity contribution < 1.29 is 29.0 Å². The Kier molecular flexibility index (Phi) is 8.99. The van der Waals surface area contributed by atoms with Gasteiger partial charge in [-0.15, -0.1) is 0 Å². The third-order valence-corrected chi connectivity index (χ3v) is 9.24. The summed E-state index contributed by atoms with van der Waals surface area (Å²) in [7, 11) is 0. The van der Waals surface area contributed by atoms with E-state index in [9.17, 15) is 19.5 Å². The van der Waals surface area contributed by atoms with E-state index in [0.717, 1.165) is 28.0 Å². The first-order valence-electron chi connectivity index (χ1n) is 15.0. The molecule has 8 nitrogen and oxygen atoms in total. The van der Waals surface area contributed by atoms with Crippen molar-refractivity contribution in [2.75, 3.05) is 4.90 Å². The SMILES string of the molecule is CC(=O)c1sc(N2C(=O)C(=O)C(=C(O)c3ccc(OCc4ccccc4C)cc3)C2c2ccc(OCc3ccccc3)cc2)nc1C. The molecule has 1 atom stereocenters. The summed E-state index contributed by atoms with van der Waals surface area (Å²) in [4.78, 5) is 45.7. The molecule has 1 saturated heterocycles. The van der Waals surface area contributed by atoms with Gasteiger partial charge < -0.3 is 14.6 Å². The Balaban J connectivity index is 1.34. The number of ketones is 2. The van der Waals surface area contributed by atoms with E-state index in [4.69, 9.17) is 9.47 Å². The van der Waals surface area contributed by atoms with Crippen LogP contribution in [0, 0.1) is 13.8 Å². The minimum absolute atomic E-state index is 0.0845. The van der Waals surface area contributed by atoms with E-state index in [0.29, 0.717) is 46.4 Å². The molecule has 0 saturated carbocycles. The molecule has 9 heteroatoms. The van der Waals surface area contributed by atoms with E-state index < -0.39 is 17.7 Å². The summed E-state index contributed by atoms with van der Waals surface area (Å²) in [6.07, 6.45) is 0. The van der Waals surface area contributed by atoms with Crippen molar-refractivity contribution >= 4 is 39.7 Å². The van der Waals surface area contributed by atoms with Crippen LogP contribution < -0.4 is 14.4 Å². The van der Waals surface area contributed by atoms with Crippen LogP contribution in [0.1, 0.15) is 56.1 Å². The van der Waals surface area contributed by atoms with Crippen LogP contribution in [0.4, 0.5) is 5.13 Å². The lowest BCUT2D eigenvalue weighted by Gasteiger charge is -2.23. The molecule has 0 radical (unpaired) electrons. The number of Topliss-reactive ketones (excluding diaryl/α,β-unsaturated/α-hetero) is 2. The molecule has 1 fully saturated rings. The number of benzene rings is 4. The molecule has 1 aromatic heterocycles. The lowest BCUT2D eigenvalue weighted by atomic mass is 9.95. The normalized spacial score (nSPS) is 15.6. The first-order valence-corrected chi connectivity index (χ1v) is 15.9. The highest BCUT2D eigenvalue weighted by atomic mass is 32.1. The molecule has 1 N–H and O–H groups in total. The number of hydrogen-bond acceptors (Lipinski definition) is 8. The Morgan fingerprint density at radius 3 is 2.09 bits per heavy atom. The zero-order chi connectivity index (χ0) is 33.1. The quantitative estimate of drug-likeness (QED) is 0.0717. The van der Waals surface area contributed by atoms with Crippen LogP contribution in [0.2, 0.25) is 0 Å². The number of rotatable bonds is 10. The molecule has 1 unspecified atom stereocenters. The summed E-state index contributed by atoms with van der Waals surface area (Å²) < 4.78 is 11.9. The number of aromatic nitrogens is 1. The van der Waals surface area contributed by atoms with Gasteiger partial charge in [0.15, 0.2) is 10.9 Å². The van der Waals surface area contributed by atoms with E-state index in [1.807, 2.05) is 61.5 Å². The molecular formula is C38H32N2O6S. The van der Waals surface area contributed by atoms with Gasteiger partial charge in [0.05, 0.1) is 22.2 Å². The fourth-order valence-corrected chi connectivity index (χ4v) is 6.43. The molecule has 2 heterocycles. The second-order valence-corrected chi connectivity index (χ2v) is 12.2. The summed E-state index contributed by atoms with van der Waals surface area (Å²) in [5.74, 6) is -1.03. The van der Waals surface area contributed by atoms with Gasteiger partial charge in [-0.2, -0.15) is 0 Å². The highest BCUT2D eigenvalue weighted by Gasteiger charge is 2.48. The average molecular weight is 645 g/mol. The lowest BCUT2D eigenvalue weighted by molar-refractivity contribution is -0.132.